The molecule has 0 spiro atoms. The lowest BCUT2D eigenvalue weighted by Crippen LogP contribution is -2.48. The number of carbonyl (C=O) groups is 1. The Morgan fingerprint density at radius 2 is 2.08 bits per heavy atom. The van der Waals surface area contributed by atoms with Crippen LogP contribution in [0.25, 0.3) is 0 Å². The van der Waals surface area contributed by atoms with E-state index in [4.69, 9.17) is 0 Å². The molecule has 2 N–H and O–H groups in total. The number of nitrogens with zero attached hydrogens (tertiary/aromatic N) is 2. The molecule has 25 heavy (non-hydrogen) atoms. The summed E-state index contributed by atoms with van der Waals surface area (Å²) in [5, 5.41) is 6.97. The molecule has 1 aromatic carbocycles. The number of halogens is 1. The largest absolute Gasteiger partial charge is 0.356 e. The van der Waals surface area contributed by atoms with Gasteiger partial charge in [0, 0.05) is 50.3 Å². The number of carbonyl (C=O) groups excluding carboxylic acids is 1. The van der Waals surface area contributed by atoms with E-state index in [9.17, 15) is 4.79 Å². The van der Waals surface area contributed by atoms with Crippen molar-refractivity contribution < 1.29 is 4.79 Å². The van der Waals surface area contributed by atoms with Crippen LogP contribution in [0.4, 0.5) is 5.69 Å². The lowest BCUT2D eigenvalue weighted by molar-refractivity contribution is -0.114. The summed E-state index contributed by atoms with van der Waals surface area (Å²) in [6.07, 6.45) is 2.14. The van der Waals surface area contributed by atoms with E-state index in [-0.39, 0.29) is 29.9 Å². The molecule has 1 atom stereocenters. The van der Waals surface area contributed by atoms with Crippen molar-refractivity contribution in [3.8, 4) is 0 Å². The molecule has 1 aromatic rings. The van der Waals surface area contributed by atoms with Gasteiger partial charge in [-0.05, 0) is 30.5 Å². The summed E-state index contributed by atoms with van der Waals surface area (Å²) < 4.78 is 0. The average molecular weight is 476 g/mol. The molecule has 0 radical (unpaired) electrons. The Bertz CT molecular complexity index is 565. The summed E-state index contributed by atoms with van der Waals surface area (Å²) in [5.41, 5.74) is 2.08. The van der Waals surface area contributed by atoms with Crippen molar-refractivity contribution >= 4 is 53.3 Å². The summed E-state index contributed by atoms with van der Waals surface area (Å²) in [4.78, 5) is 17.8. The van der Waals surface area contributed by atoms with Crippen molar-refractivity contribution in [3.63, 3.8) is 0 Å². The molecule has 1 saturated heterocycles. The maximum absolute atomic E-state index is 11.0. The first-order valence-electron chi connectivity index (χ1n) is 8.56. The Labute approximate surface area is 172 Å². The fourth-order valence-corrected chi connectivity index (χ4v) is 3.95. The van der Waals surface area contributed by atoms with Gasteiger partial charge in [-0.15, -0.1) is 24.0 Å². The van der Waals surface area contributed by atoms with Gasteiger partial charge in [0.15, 0.2) is 5.96 Å². The zero-order chi connectivity index (χ0) is 17.4. The summed E-state index contributed by atoms with van der Waals surface area (Å²) in [7, 11) is 1.85. The highest BCUT2D eigenvalue weighted by atomic mass is 127. The first kappa shape index (κ1) is 22.1. The van der Waals surface area contributed by atoms with E-state index in [1.807, 2.05) is 19.2 Å². The Balaban J connectivity index is 0.00000312. The van der Waals surface area contributed by atoms with Crippen LogP contribution in [0.15, 0.2) is 29.3 Å². The van der Waals surface area contributed by atoms with E-state index in [1.54, 1.807) is 0 Å². The normalized spacial score (nSPS) is 17.6. The highest BCUT2D eigenvalue weighted by Gasteiger charge is 2.21. The van der Waals surface area contributed by atoms with Crippen molar-refractivity contribution in [2.75, 3.05) is 37.8 Å². The number of thioether (sulfide) groups is 1. The van der Waals surface area contributed by atoms with Crippen molar-refractivity contribution in [2.24, 2.45) is 4.99 Å². The SMILES string of the molecule is CCC1CN(C(=NC)NCCc2ccc(NC(C)=O)cc2)CCS1.I. The summed E-state index contributed by atoms with van der Waals surface area (Å²) in [5.74, 6) is 2.13. The van der Waals surface area contributed by atoms with E-state index >= 15 is 0 Å². The number of nitrogens with one attached hydrogen (secondary N) is 2. The molecule has 0 saturated carbocycles. The second kappa shape index (κ2) is 11.6. The van der Waals surface area contributed by atoms with Crippen LogP contribution in [0.1, 0.15) is 25.8 Å². The van der Waals surface area contributed by atoms with Crippen LogP contribution in [-0.2, 0) is 11.2 Å². The van der Waals surface area contributed by atoms with Crippen LogP contribution >= 0.6 is 35.7 Å². The van der Waals surface area contributed by atoms with E-state index < -0.39 is 0 Å². The minimum Gasteiger partial charge on any atom is -0.356 e. The topological polar surface area (TPSA) is 56.7 Å². The van der Waals surface area contributed by atoms with E-state index in [0.717, 1.165) is 37.7 Å². The minimum atomic E-state index is -0.0432. The van der Waals surface area contributed by atoms with Gasteiger partial charge in [-0.1, -0.05) is 19.1 Å². The Kier molecular flexibility index (Phi) is 10.3. The molecule has 7 heteroatoms. The predicted molar refractivity (Wildman–Crippen MR) is 119 cm³/mol. The lowest BCUT2D eigenvalue weighted by Gasteiger charge is -2.34. The summed E-state index contributed by atoms with van der Waals surface area (Å²) in [6, 6.07) is 8.00. The minimum absolute atomic E-state index is 0. The van der Waals surface area contributed by atoms with Gasteiger partial charge in [0.25, 0.3) is 0 Å². The van der Waals surface area contributed by atoms with Gasteiger partial charge in [-0.25, -0.2) is 0 Å². The van der Waals surface area contributed by atoms with Crippen molar-refractivity contribution in [1.29, 1.82) is 0 Å². The van der Waals surface area contributed by atoms with Crippen LogP contribution in [0, 0.1) is 0 Å². The van der Waals surface area contributed by atoms with Gasteiger partial charge in [0.1, 0.15) is 0 Å². The van der Waals surface area contributed by atoms with Gasteiger partial charge in [0.2, 0.25) is 5.91 Å². The number of hydrogen-bond acceptors (Lipinski definition) is 3. The standard InChI is InChI=1S/C18H28N4OS.HI/c1-4-17-13-22(11-12-24-17)18(19-3)20-10-9-15-5-7-16(8-6-15)21-14(2)23;/h5-8,17H,4,9-13H2,1-3H3,(H,19,20)(H,21,23);1H. The van der Waals surface area contributed by atoms with Crippen LogP contribution in [0.3, 0.4) is 0 Å². The number of benzene rings is 1. The quantitative estimate of drug-likeness (QED) is 0.390. The van der Waals surface area contributed by atoms with Crippen LogP contribution in [0.2, 0.25) is 0 Å². The average Bonchev–Trinajstić information content (AvgIpc) is 2.60. The maximum atomic E-state index is 11.0. The van der Waals surface area contributed by atoms with Crippen LogP contribution < -0.4 is 10.6 Å². The summed E-state index contributed by atoms with van der Waals surface area (Å²) >= 11 is 2.07. The molecule has 2 rings (SSSR count). The predicted octanol–water partition coefficient (Wildman–Crippen LogP) is 3.21. The first-order chi connectivity index (χ1) is 11.6. The highest BCUT2D eigenvalue weighted by molar-refractivity contribution is 14.0. The molecule has 140 valence electrons. The molecule has 5 nitrogen and oxygen atoms in total. The number of hydrogen-bond donors (Lipinski definition) is 2. The van der Waals surface area contributed by atoms with Crippen molar-refractivity contribution in [1.82, 2.24) is 10.2 Å². The van der Waals surface area contributed by atoms with Crippen LogP contribution in [0.5, 0.6) is 0 Å². The maximum Gasteiger partial charge on any atom is 0.221 e. The van der Waals surface area contributed by atoms with E-state index in [1.165, 1.54) is 24.7 Å². The third-order valence-electron chi connectivity index (χ3n) is 4.08. The molecule has 1 aliphatic heterocycles. The first-order valence-corrected chi connectivity index (χ1v) is 9.61. The Hall–Kier alpha value is -0.960. The molecule has 1 unspecified atom stereocenters. The van der Waals surface area contributed by atoms with Gasteiger partial charge >= 0.3 is 0 Å². The van der Waals surface area contributed by atoms with Crippen molar-refractivity contribution in [3.05, 3.63) is 29.8 Å². The Morgan fingerprint density at radius 1 is 1.36 bits per heavy atom. The molecule has 0 bridgehead atoms. The second-order valence-electron chi connectivity index (χ2n) is 5.95. The molecule has 0 aromatic heterocycles. The number of aliphatic imine (C=N–C) groups is 1. The Morgan fingerprint density at radius 3 is 2.68 bits per heavy atom. The van der Waals surface area contributed by atoms with Gasteiger partial charge in [0.05, 0.1) is 0 Å². The monoisotopic (exact) mass is 476 g/mol. The third kappa shape index (κ3) is 7.43. The van der Waals surface area contributed by atoms with Crippen LogP contribution in [-0.4, -0.2) is 54.5 Å². The lowest BCUT2D eigenvalue weighted by atomic mass is 10.1. The highest BCUT2D eigenvalue weighted by Crippen LogP contribution is 2.21. The molecular formula is C18H29IN4OS. The zero-order valence-corrected chi connectivity index (χ0v) is 18.4. The molecular weight excluding hydrogens is 447 g/mol. The fraction of sp³-hybridized carbons (Fsp3) is 0.556. The summed E-state index contributed by atoms with van der Waals surface area (Å²) in [6.45, 7) is 6.76. The number of guanidine groups is 1. The number of anilines is 1. The molecule has 0 aliphatic carbocycles. The number of rotatable bonds is 5. The smallest absolute Gasteiger partial charge is 0.221 e. The van der Waals surface area contributed by atoms with E-state index in [0.29, 0.717) is 5.25 Å². The molecule has 1 heterocycles. The molecule has 1 amide bonds. The number of amides is 1. The molecule has 1 aliphatic rings. The van der Waals surface area contributed by atoms with E-state index in [2.05, 4.69) is 51.3 Å². The molecule has 1 fully saturated rings. The van der Waals surface area contributed by atoms with Crippen molar-refractivity contribution in [2.45, 2.75) is 31.9 Å². The van der Waals surface area contributed by atoms with Gasteiger partial charge in [-0.2, -0.15) is 11.8 Å². The van der Waals surface area contributed by atoms with Gasteiger partial charge < -0.3 is 15.5 Å². The zero-order valence-electron chi connectivity index (χ0n) is 15.2. The fourth-order valence-electron chi connectivity index (χ4n) is 2.77. The second-order valence-corrected chi connectivity index (χ2v) is 7.36. The van der Waals surface area contributed by atoms with Gasteiger partial charge in [-0.3, -0.25) is 9.79 Å². The third-order valence-corrected chi connectivity index (χ3v) is 5.45.